The lowest BCUT2D eigenvalue weighted by Gasteiger charge is -2.07. The number of rotatable bonds is 6. The highest BCUT2D eigenvalue weighted by Gasteiger charge is 2.09. The topological polar surface area (TPSA) is 29.5 Å². The molecule has 1 rings (SSSR count). The zero-order valence-corrected chi connectivity index (χ0v) is 9.64. The molecule has 1 N–H and O–H groups in total. The number of aliphatic hydroxyl groups excluding tert-OH is 1. The van der Waals surface area contributed by atoms with Gasteiger partial charge in [0.2, 0.25) is 0 Å². The highest BCUT2D eigenvalue weighted by Crippen LogP contribution is 2.26. The van der Waals surface area contributed by atoms with Crippen LogP contribution in [0.4, 0.5) is 0 Å². The first-order valence-electron chi connectivity index (χ1n) is 5.03. The third-order valence-electron chi connectivity index (χ3n) is 2.19. The van der Waals surface area contributed by atoms with Crippen LogP contribution in [-0.2, 0) is 11.2 Å². The molecule has 3 heteroatoms. The Bertz CT molecular complexity index is 258. The van der Waals surface area contributed by atoms with Crippen molar-refractivity contribution in [1.29, 1.82) is 0 Å². The van der Waals surface area contributed by atoms with E-state index < -0.39 is 0 Å². The Kier molecular flexibility index (Phi) is 5.15. The van der Waals surface area contributed by atoms with E-state index in [1.807, 2.05) is 6.07 Å². The number of hydrogen-bond acceptors (Lipinski definition) is 3. The third-order valence-corrected chi connectivity index (χ3v) is 3.52. The lowest BCUT2D eigenvalue weighted by atomic mass is 10.2. The summed E-state index contributed by atoms with van der Waals surface area (Å²) in [5.74, 6) is 0. The molecule has 0 aliphatic carbocycles. The summed E-state index contributed by atoms with van der Waals surface area (Å²) in [7, 11) is 1.69. The van der Waals surface area contributed by atoms with Crippen LogP contribution in [0.1, 0.15) is 35.6 Å². The van der Waals surface area contributed by atoms with E-state index >= 15 is 0 Å². The van der Waals surface area contributed by atoms with Crippen LogP contribution in [-0.4, -0.2) is 18.8 Å². The number of ether oxygens (including phenoxy) is 1. The maximum Gasteiger partial charge on any atom is 0.0882 e. The summed E-state index contributed by atoms with van der Waals surface area (Å²) >= 11 is 1.71. The molecule has 0 aliphatic heterocycles. The van der Waals surface area contributed by atoms with Crippen LogP contribution in [0.2, 0.25) is 0 Å². The first kappa shape index (κ1) is 11.7. The number of aliphatic hydroxyl groups is 1. The lowest BCUT2D eigenvalue weighted by molar-refractivity contribution is 0.138. The molecule has 0 fully saturated rings. The van der Waals surface area contributed by atoms with Crippen molar-refractivity contribution in [3.8, 4) is 0 Å². The van der Waals surface area contributed by atoms with Gasteiger partial charge >= 0.3 is 0 Å². The summed E-state index contributed by atoms with van der Waals surface area (Å²) in [5, 5.41) is 9.81. The summed E-state index contributed by atoms with van der Waals surface area (Å²) in [6, 6.07) is 4.13. The molecule has 80 valence electrons. The van der Waals surface area contributed by atoms with Gasteiger partial charge in [-0.2, -0.15) is 0 Å². The van der Waals surface area contributed by atoms with Gasteiger partial charge < -0.3 is 9.84 Å². The molecule has 2 nitrogen and oxygen atoms in total. The fourth-order valence-electron chi connectivity index (χ4n) is 1.33. The standard InChI is InChI=1S/C11H18O2S/c1-3-9-6-7-11(14-9)10(12)5-4-8-13-2/h6-7,10,12H,3-5,8H2,1-2H3. The first-order valence-corrected chi connectivity index (χ1v) is 5.85. The Morgan fingerprint density at radius 1 is 1.50 bits per heavy atom. The predicted octanol–water partition coefficient (Wildman–Crippen LogP) is 2.77. The van der Waals surface area contributed by atoms with Gasteiger partial charge in [0.1, 0.15) is 0 Å². The normalized spacial score (nSPS) is 13.1. The molecule has 14 heavy (non-hydrogen) atoms. The van der Waals surface area contributed by atoms with Gasteiger partial charge in [-0.1, -0.05) is 6.92 Å². The van der Waals surface area contributed by atoms with E-state index in [4.69, 9.17) is 4.74 Å². The third kappa shape index (κ3) is 3.40. The van der Waals surface area contributed by atoms with Crippen molar-refractivity contribution in [1.82, 2.24) is 0 Å². The molecule has 1 heterocycles. The van der Waals surface area contributed by atoms with Crippen molar-refractivity contribution in [2.24, 2.45) is 0 Å². The molecule has 0 amide bonds. The summed E-state index contributed by atoms with van der Waals surface area (Å²) in [6.07, 6.45) is 2.44. The second-order valence-electron chi connectivity index (χ2n) is 3.31. The molecular weight excluding hydrogens is 196 g/mol. The molecular formula is C11H18O2S. The number of thiophene rings is 1. The quantitative estimate of drug-likeness (QED) is 0.738. The summed E-state index contributed by atoms with van der Waals surface area (Å²) in [6.45, 7) is 2.86. The Morgan fingerprint density at radius 2 is 2.29 bits per heavy atom. The van der Waals surface area contributed by atoms with E-state index in [0.717, 1.165) is 30.7 Å². The van der Waals surface area contributed by atoms with Crippen LogP contribution >= 0.6 is 11.3 Å². The summed E-state index contributed by atoms with van der Waals surface area (Å²) in [5.41, 5.74) is 0. The molecule has 0 bridgehead atoms. The van der Waals surface area contributed by atoms with Crippen LogP contribution in [0.5, 0.6) is 0 Å². The van der Waals surface area contributed by atoms with Crippen LogP contribution in [0.25, 0.3) is 0 Å². The lowest BCUT2D eigenvalue weighted by Crippen LogP contribution is -1.97. The molecule has 1 atom stereocenters. The molecule has 1 aromatic heterocycles. The number of methoxy groups -OCH3 is 1. The van der Waals surface area contributed by atoms with Crippen molar-refractivity contribution in [3.63, 3.8) is 0 Å². The van der Waals surface area contributed by atoms with Crippen LogP contribution < -0.4 is 0 Å². The van der Waals surface area contributed by atoms with Crippen LogP contribution in [0.3, 0.4) is 0 Å². The number of aryl methyl sites for hydroxylation is 1. The summed E-state index contributed by atoms with van der Waals surface area (Å²) in [4.78, 5) is 2.42. The average molecular weight is 214 g/mol. The maximum atomic E-state index is 9.81. The van der Waals surface area contributed by atoms with Crippen molar-refractivity contribution < 1.29 is 9.84 Å². The molecule has 0 spiro atoms. The van der Waals surface area contributed by atoms with Gasteiger partial charge in [0.25, 0.3) is 0 Å². The Labute approximate surface area is 89.5 Å². The molecule has 1 aromatic rings. The van der Waals surface area contributed by atoms with Crippen LogP contribution in [0, 0.1) is 0 Å². The molecule has 0 aromatic carbocycles. The van der Waals surface area contributed by atoms with Gasteiger partial charge in [0, 0.05) is 23.5 Å². The van der Waals surface area contributed by atoms with Crippen molar-refractivity contribution >= 4 is 11.3 Å². The average Bonchev–Trinajstić information content (AvgIpc) is 2.66. The van der Waals surface area contributed by atoms with Gasteiger partial charge in [0.15, 0.2) is 0 Å². The van der Waals surface area contributed by atoms with E-state index in [9.17, 15) is 5.11 Å². The monoisotopic (exact) mass is 214 g/mol. The fourth-order valence-corrected chi connectivity index (χ4v) is 2.30. The van der Waals surface area contributed by atoms with Gasteiger partial charge in [-0.05, 0) is 31.4 Å². The van der Waals surface area contributed by atoms with E-state index in [1.54, 1.807) is 18.4 Å². The Hall–Kier alpha value is -0.380. The molecule has 0 aliphatic rings. The first-order chi connectivity index (χ1) is 6.77. The maximum absolute atomic E-state index is 9.81. The Balaban J connectivity index is 2.39. The largest absolute Gasteiger partial charge is 0.388 e. The van der Waals surface area contributed by atoms with Crippen LogP contribution in [0.15, 0.2) is 12.1 Å². The van der Waals surface area contributed by atoms with Gasteiger partial charge in [-0.15, -0.1) is 11.3 Å². The SMILES string of the molecule is CCc1ccc(C(O)CCCOC)s1. The summed E-state index contributed by atoms with van der Waals surface area (Å²) < 4.78 is 4.95. The molecule has 0 saturated heterocycles. The van der Waals surface area contributed by atoms with Gasteiger partial charge in [0.05, 0.1) is 6.10 Å². The second-order valence-corrected chi connectivity index (χ2v) is 4.51. The minimum Gasteiger partial charge on any atom is -0.388 e. The molecule has 0 saturated carbocycles. The van der Waals surface area contributed by atoms with Gasteiger partial charge in [-0.25, -0.2) is 0 Å². The van der Waals surface area contributed by atoms with E-state index in [0.29, 0.717) is 0 Å². The van der Waals surface area contributed by atoms with Gasteiger partial charge in [-0.3, -0.25) is 0 Å². The minimum absolute atomic E-state index is 0.310. The molecule has 1 unspecified atom stereocenters. The highest BCUT2D eigenvalue weighted by atomic mass is 32.1. The Morgan fingerprint density at radius 3 is 2.86 bits per heavy atom. The van der Waals surface area contributed by atoms with Crippen molar-refractivity contribution in [2.75, 3.05) is 13.7 Å². The van der Waals surface area contributed by atoms with Crippen molar-refractivity contribution in [2.45, 2.75) is 32.3 Å². The highest BCUT2D eigenvalue weighted by molar-refractivity contribution is 7.12. The predicted molar refractivity (Wildman–Crippen MR) is 59.8 cm³/mol. The van der Waals surface area contributed by atoms with E-state index in [1.165, 1.54) is 4.88 Å². The van der Waals surface area contributed by atoms with E-state index in [2.05, 4.69) is 13.0 Å². The van der Waals surface area contributed by atoms with E-state index in [-0.39, 0.29) is 6.10 Å². The number of hydrogen-bond donors (Lipinski definition) is 1. The second kappa shape index (κ2) is 6.17. The smallest absolute Gasteiger partial charge is 0.0882 e. The molecule has 0 radical (unpaired) electrons. The zero-order chi connectivity index (χ0) is 10.4. The zero-order valence-electron chi connectivity index (χ0n) is 8.82. The minimum atomic E-state index is -0.310. The fraction of sp³-hybridized carbons (Fsp3) is 0.636. The van der Waals surface area contributed by atoms with Crippen molar-refractivity contribution in [3.05, 3.63) is 21.9 Å².